The molecule has 1 fully saturated rings. The highest BCUT2D eigenvalue weighted by Gasteiger charge is 2.20. The summed E-state index contributed by atoms with van der Waals surface area (Å²) in [5.41, 5.74) is 1.22. The quantitative estimate of drug-likeness (QED) is 0.513. The van der Waals surface area contributed by atoms with Gasteiger partial charge in [0.25, 0.3) is 15.2 Å². The smallest absolute Gasteiger partial charge is 0.262 e. The second-order valence-electron chi connectivity index (χ2n) is 7.50. The molecule has 1 N–H and O–H groups in total. The fourth-order valence-corrected chi connectivity index (χ4v) is 5.41. The minimum absolute atomic E-state index is 0.0569. The van der Waals surface area contributed by atoms with Crippen LogP contribution in [0.4, 0.5) is 5.69 Å². The van der Waals surface area contributed by atoms with Crippen LogP contribution >= 0.6 is 11.8 Å². The average Bonchev–Trinajstić information content (AvgIpc) is 3.00. The predicted octanol–water partition coefficient (Wildman–Crippen LogP) is 4.13. The van der Waals surface area contributed by atoms with E-state index in [1.165, 1.54) is 43.8 Å². The van der Waals surface area contributed by atoms with E-state index >= 15 is 0 Å². The topological polar surface area (TPSA) is 102 Å². The van der Waals surface area contributed by atoms with Gasteiger partial charge < -0.3 is 14.1 Å². The van der Waals surface area contributed by atoms with E-state index in [1.54, 1.807) is 30.3 Å². The summed E-state index contributed by atoms with van der Waals surface area (Å²) in [6.45, 7) is 1.60. The van der Waals surface area contributed by atoms with E-state index in [4.69, 9.17) is 9.15 Å². The fraction of sp³-hybridized carbons (Fsp3) is 0.364. The largest absolute Gasteiger partial charge is 0.495 e. The SMILES string of the molecule is COc1ccccc1NS(=O)(=O)c1ccc2oc(SCC(=O)N3CCCCCC3)nc2c1. The Morgan fingerprint density at radius 2 is 1.91 bits per heavy atom. The van der Waals surface area contributed by atoms with Crippen molar-refractivity contribution in [3.63, 3.8) is 0 Å². The van der Waals surface area contributed by atoms with Gasteiger partial charge in [0.05, 0.1) is 23.4 Å². The van der Waals surface area contributed by atoms with Gasteiger partial charge in [0.2, 0.25) is 5.91 Å². The molecule has 8 nitrogen and oxygen atoms in total. The van der Waals surface area contributed by atoms with E-state index < -0.39 is 10.0 Å². The van der Waals surface area contributed by atoms with Gasteiger partial charge in [-0.05, 0) is 43.2 Å². The number of hydrogen-bond donors (Lipinski definition) is 1. The summed E-state index contributed by atoms with van der Waals surface area (Å²) in [5.74, 6) is 0.739. The molecule has 0 aliphatic carbocycles. The highest BCUT2D eigenvalue weighted by Crippen LogP contribution is 2.29. The minimum Gasteiger partial charge on any atom is -0.495 e. The molecule has 1 aromatic heterocycles. The maximum atomic E-state index is 12.9. The number of aromatic nitrogens is 1. The zero-order chi connectivity index (χ0) is 22.6. The highest BCUT2D eigenvalue weighted by atomic mass is 32.2. The van der Waals surface area contributed by atoms with Gasteiger partial charge in [-0.25, -0.2) is 13.4 Å². The van der Waals surface area contributed by atoms with Crippen LogP contribution < -0.4 is 9.46 Å². The lowest BCUT2D eigenvalue weighted by Gasteiger charge is -2.19. The lowest BCUT2D eigenvalue weighted by atomic mass is 10.2. The molecule has 0 unspecified atom stereocenters. The summed E-state index contributed by atoms with van der Waals surface area (Å²) < 4.78 is 39.2. The number of ether oxygens (including phenoxy) is 1. The molecule has 2 aromatic carbocycles. The Morgan fingerprint density at radius 1 is 1.16 bits per heavy atom. The first kappa shape index (κ1) is 22.5. The Kier molecular flexibility index (Phi) is 6.90. The molecule has 1 saturated heterocycles. The molecule has 1 amide bonds. The molecule has 0 bridgehead atoms. The van der Waals surface area contributed by atoms with E-state index in [2.05, 4.69) is 9.71 Å². The van der Waals surface area contributed by atoms with Crippen LogP contribution in [-0.4, -0.2) is 50.2 Å². The molecule has 3 aromatic rings. The molecular formula is C22H25N3O5S2. The van der Waals surface area contributed by atoms with Gasteiger partial charge in [-0.15, -0.1) is 0 Å². The molecule has 0 saturated carbocycles. The number of nitrogens with zero attached hydrogens (tertiary/aromatic N) is 2. The molecule has 4 rings (SSSR count). The third-order valence-corrected chi connectivity index (χ3v) is 7.45. The Hall–Kier alpha value is -2.72. The van der Waals surface area contributed by atoms with E-state index in [-0.39, 0.29) is 16.6 Å². The third kappa shape index (κ3) is 5.18. The Balaban J connectivity index is 1.47. The molecule has 32 heavy (non-hydrogen) atoms. The van der Waals surface area contributed by atoms with Gasteiger partial charge in [-0.2, -0.15) is 0 Å². The highest BCUT2D eigenvalue weighted by molar-refractivity contribution is 7.99. The number of anilines is 1. The standard InChI is InChI=1S/C22H25N3O5S2/c1-29-19-9-5-4-8-17(19)24-32(27,28)16-10-11-20-18(14-16)23-22(30-20)31-15-21(26)25-12-6-2-3-7-13-25/h4-5,8-11,14,24H,2-3,6-7,12-13,15H2,1H3. The number of amides is 1. The monoisotopic (exact) mass is 475 g/mol. The number of nitrogens with one attached hydrogen (secondary N) is 1. The number of para-hydroxylation sites is 2. The molecule has 1 aliphatic rings. The number of methoxy groups -OCH3 is 1. The van der Waals surface area contributed by atoms with Gasteiger partial charge in [0, 0.05) is 13.1 Å². The van der Waals surface area contributed by atoms with Crippen molar-refractivity contribution in [1.29, 1.82) is 0 Å². The number of sulfonamides is 1. The maximum absolute atomic E-state index is 12.9. The normalized spacial score (nSPS) is 14.8. The summed E-state index contributed by atoms with van der Waals surface area (Å²) in [7, 11) is -2.37. The Morgan fingerprint density at radius 3 is 2.66 bits per heavy atom. The summed E-state index contributed by atoms with van der Waals surface area (Å²) in [5, 5.41) is 0.343. The number of likely N-dealkylation sites (tertiary alicyclic amines) is 1. The average molecular weight is 476 g/mol. The van der Waals surface area contributed by atoms with Crippen LogP contribution in [0.5, 0.6) is 5.75 Å². The van der Waals surface area contributed by atoms with Crippen molar-refractivity contribution in [2.45, 2.75) is 35.8 Å². The number of benzene rings is 2. The van der Waals surface area contributed by atoms with Crippen molar-refractivity contribution in [2.75, 3.05) is 30.7 Å². The fourth-order valence-electron chi connectivity index (χ4n) is 3.58. The van der Waals surface area contributed by atoms with Gasteiger partial charge in [-0.1, -0.05) is 36.7 Å². The number of thioether (sulfide) groups is 1. The molecule has 170 valence electrons. The van der Waals surface area contributed by atoms with Gasteiger partial charge in [0.1, 0.15) is 11.3 Å². The third-order valence-electron chi connectivity index (χ3n) is 5.28. The molecule has 0 spiro atoms. The number of carbonyl (C=O) groups excluding carboxylic acids is 1. The van der Waals surface area contributed by atoms with Crippen LogP contribution in [0.15, 0.2) is 57.0 Å². The maximum Gasteiger partial charge on any atom is 0.262 e. The Labute approximate surface area is 191 Å². The number of hydrogen-bond acceptors (Lipinski definition) is 7. The second-order valence-corrected chi connectivity index (χ2v) is 10.1. The molecule has 2 heterocycles. The van der Waals surface area contributed by atoms with Crippen molar-refractivity contribution in [3.05, 3.63) is 42.5 Å². The first-order chi connectivity index (χ1) is 15.5. The first-order valence-corrected chi connectivity index (χ1v) is 12.9. The first-order valence-electron chi connectivity index (χ1n) is 10.4. The second kappa shape index (κ2) is 9.83. The molecule has 0 atom stereocenters. The van der Waals surface area contributed by atoms with Crippen molar-refractivity contribution in [1.82, 2.24) is 9.88 Å². The molecule has 0 radical (unpaired) electrons. The lowest BCUT2D eigenvalue weighted by molar-refractivity contribution is -0.128. The minimum atomic E-state index is -3.85. The van der Waals surface area contributed by atoms with Crippen molar-refractivity contribution in [2.24, 2.45) is 0 Å². The number of oxazole rings is 1. The van der Waals surface area contributed by atoms with E-state index in [0.29, 0.717) is 27.8 Å². The zero-order valence-corrected chi connectivity index (χ0v) is 19.4. The van der Waals surface area contributed by atoms with Crippen LogP contribution in [0.3, 0.4) is 0 Å². The summed E-state index contributed by atoms with van der Waals surface area (Å²) in [6.07, 6.45) is 4.41. The van der Waals surface area contributed by atoms with Gasteiger partial charge in [0.15, 0.2) is 5.58 Å². The molecule has 10 heteroatoms. The number of carbonyl (C=O) groups is 1. The van der Waals surface area contributed by atoms with Crippen LogP contribution in [0, 0.1) is 0 Å². The van der Waals surface area contributed by atoms with Crippen LogP contribution in [0.2, 0.25) is 0 Å². The van der Waals surface area contributed by atoms with E-state index in [9.17, 15) is 13.2 Å². The zero-order valence-electron chi connectivity index (χ0n) is 17.7. The van der Waals surface area contributed by atoms with Crippen LogP contribution in [-0.2, 0) is 14.8 Å². The number of fused-ring (bicyclic) bond motifs is 1. The predicted molar refractivity (Wildman–Crippen MR) is 124 cm³/mol. The van der Waals surface area contributed by atoms with Gasteiger partial charge in [-0.3, -0.25) is 9.52 Å². The molecular weight excluding hydrogens is 450 g/mol. The number of rotatable bonds is 7. The summed E-state index contributed by atoms with van der Waals surface area (Å²) in [4.78, 5) is 18.8. The van der Waals surface area contributed by atoms with Crippen molar-refractivity contribution < 1.29 is 22.4 Å². The lowest BCUT2D eigenvalue weighted by Crippen LogP contribution is -2.33. The van der Waals surface area contributed by atoms with E-state index in [1.807, 2.05) is 4.90 Å². The van der Waals surface area contributed by atoms with Crippen molar-refractivity contribution >= 4 is 44.5 Å². The van der Waals surface area contributed by atoms with Crippen LogP contribution in [0.25, 0.3) is 11.1 Å². The van der Waals surface area contributed by atoms with Crippen LogP contribution in [0.1, 0.15) is 25.7 Å². The Bertz CT molecular complexity index is 1200. The summed E-state index contributed by atoms with van der Waals surface area (Å²) >= 11 is 1.23. The van der Waals surface area contributed by atoms with Gasteiger partial charge >= 0.3 is 0 Å². The molecule has 1 aliphatic heterocycles. The van der Waals surface area contributed by atoms with Crippen molar-refractivity contribution in [3.8, 4) is 5.75 Å². The summed E-state index contributed by atoms with van der Waals surface area (Å²) in [6, 6.07) is 11.3. The van der Waals surface area contributed by atoms with E-state index in [0.717, 1.165) is 25.9 Å².